The van der Waals surface area contributed by atoms with Crippen LogP contribution in [0.1, 0.15) is 5.56 Å². The van der Waals surface area contributed by atoms with Crippen molar-refractivity contribution in [2.45, 2.75) is 6.54 Å². The van der Waals surface area contributed by atoms with Crippen LogP contribution in [0.15, 0.2) is 67.3 Å². The minimum atomic E-state index is -0.279. The predicted molar refractivity (Wildman–Crippen MR) is 133 cm³/mol. The molecule has 0 aliphatic rings. The first-order valence-corrected chi connectivity index (χ1v) is 11.1. The number of hydrogen-bond donors (Lipinski definition) is 2. The summed E-state index contributed by atoms with van der Waals surface area (Å²) < 4.78 is 13.4. The average molecular weight is 465 g/mol. The summed E-state index contributed by atoms with van der Waals surface area (Å²) in [6.45, 7) is 0.794. The number of halogens is 1. The van der Waals surface area contributed by atoms with Crippen molar-refractivity contribution in [2.75, 3.05) is 14.1 Å². The Kier molecular flexibility index (Phi) is 5.04. The van der Waals surface area contributed by atoms with Crippen LogP contribution in [0.25, 0.3) is 56.0 Å². The molecule has 172 valence electrons. The summed E-state index contributed by atoms with van der Waals surface area (Å²) in [6.07, 6.45) is 7.15. The van der Waals surface area contributed by atoms with Crippen molar-refractivity contribution in [3.63, 3.8) is 0 Å². The number of benzene rings is 1. The van der Waals surface area contributed by atoms with E-state index in [0.29, 0.717) is 17.2 Å². The van der Waals surface area contributed by atoms with Crippen LogP contribution in [0.4, 0.5) is 4.39 Å². The monoisotopic (exact) mass is 464 g/mol. The zero-order valence-corrected chi connectivity index (χ0v) is 19.1. The van der Waals surface area contributed by atoms with E-state index < -0.39 is 0 Å². The smallest absolute Gasteiger partial charge is 0.178 e. The predicted octanol–water partition coefficient (Wildman–Crippen LogP) is 4.83. The summed E-state index contributed by atoms with van der Waals surface area (Å²) >= 11 is 0. The summed E-state index contributed by atoms with van der Waals surface area (Å²) in [5.74, 6) is 0.309. The minimum absolute atomic E-state index is 0.279. The fourth-order valence-corrected chi connectivity index (χ4v) is 4.23. The standard InChI is InChI=1S/C26H21FN8/c1-35(2)14-15-9-17(12-28-11-15)21-10-20-22(13-30-21)33-34-24(20)26-31-23-19(7-8-29-25(23)32-26)16-3-5-18(27)6-4-16/h3-13H,14H2,1-2H3,(H,33,34)(H,29,31,32). The molecule has 1 aromatic carbocycles. The number of hydrogen-bond acceptors (Lipinski definition) is 6. The Morgan fingerprint density at radius 3 is 2.63 bits per heavy atom. The molecule has 0 fully saturated rings. The molecule has 0 atom stereocenters. The average Bonchev–Trinajstić information content (AvgIpc) is 3.48. The maximum Gasteiger partial charge on any atom is 0.178 e. The number of aromatic amines is 2. The van der Waals surface area contributed by atoms with Crippen molar-refractivity contribution in [1.82, 2.24) is 40.0 Å². The molecule has 0 amide bonds. The molecule has 0 saturated carbocycles. The molecule has 6 aromatic rings. The molecule has 0 aliphatic heterocycles. The highest BCUT2D eigenvalue weighted by Crippen LogP contribution is 2.32. The van der Waals surface area contributed by atoms with Gasteiger partial charge in [-0.15, -0.1) is 0 Å². The molecule has 35 heavy (non-hydrogen) atoms. The van der Waals surface area contributed by atoms with E-state index in [1.807, 2.05) is 38.6 Å². The highest BCUT2D eigenvalue weighted by atomic mass is 19.1. The maximum absolute atomic E-state index is 13.4. The topological polar surface area (TPSA) is 99.3 Å². The van der Waals surface area contributed by atoms with Gasteiger partial charge in [0, 0.05) is 41.6 Å². The minimum Gasteiger partial charge on any atom is -0.335 e. The van der Waals surface area contributed by atoms with Gasteiger partial charge in [0.15, 0.2) is 11.5 Å². The van der Waals surface area contributed by atoms with E-state index >= 15 is 0 Å². The second-order valence-corrected chi connectivity index (χ2v) is 8.66. The summed E-state index contributed by atoms with van der Waals surface area (Å²) in [7, 11) is 4.05. The van der Waals surface area contributed by atoms with Gasteiger partial charge in [-0.25, -0.2) is 14.4 Å². The van der Waals surface area contributed by atoms with E-state index in [1.54, 1.807) is 24.5 Å². The Morgan fingerprint density at radius 1 is 0.943 bits per heavy atom. The molecule has 0 radical (unpaired) electrons. The number of imidazole rings is 1. The molecule has 0 aliphatic carbocycles. The molecule has 5 aromatic heterocycles. The van der Waals surface area contributed by atoms with Crippen LogP contribution in [0.2, 0.25) is 0 Å². The number of fused-ring (bicyclic) bond motifs is 2. The highest BCUT2D eigenvalue weighted by molar-refractivity contribution is 5.96. The van der Waals surface area contributed by atoms with Crippen molar-refractivity contribution in [1.29, 1.82) is 0 Å². The van der Waals surface area contributed by atoms with Crippen LogP contribution >= 0.6 is 0 Å². The Hall–Kier alpha value is -4.50. The first-order valence-electron chi connectivity index (χ1n) is 11.1. The van der Waals surface area contributed by atoms with Crippen LogP contribution < -0.4 is 0 Å². The zero-order valence-electron chi connectivity index (χ0n) is 19.1. The summed E-state index contributed by atoms with van der Waals surface area (Å²) in [4.78, 5) is 23.6. The van der Waals surface area contributed by atoms with Crippen LogP contribution in [-0.4, -0.2) is 54.1 Å². The largest absolute Gasteiger partial charge is 0.335 e. The van der Waals surface area contributed by atoms with Crippen molar-refractivity contribution in [2.24, 2.45) is 0 Å². The lowest BCUT2D eigenvalue weighted by atomic mass is 10.1. The van der Waals surface area contributed by atoms with Crippen molar-refractivity contribution >= 4 is 22.1 Å². The van der Waals surface area contributed by atoms with E-state index in [4.69, 9.17) is 4.98 Å². The van der Waals surface area contributed by atoms with Gasteiger partial charge in [0.05, 0.1) is 22.9 Å². The van der Waals surface area contributed by atoms with Gasteiger partial charge in [0.25, 0.3) is 0 Å². The molecule has 5 heterocycles. The molecule has 0 unspecified atom stereocenters. The maximum atomic E-state index is 13.4. The Morgan fingerprint density at radius 2 is 1.80 bits per heavy atom. The molecule has 0 saturated heterocycles. The van der Waals surface area contributed by atoms with Gasteiger partial charge in [0.1, 0.15) is 11.5 Å². The van der Waals surface area contributed by atoms with Gasteiger partial charge < -0.3 is 9.88 Å². The number of nitrogens with zero attached hydrogens (tertiary/aromatic N) is 6. The number of H-pyrrole nitrogens is 2. The molecule has 0 spiro atoms. The normalized spacial score (nSPS) is 11.7. The molecule has 6 rings (SSSR count). The van der Waals surface area contributed by atoms with Crippen LogP contribution in [0.3, 0.4) is 0 Å². The van der Waals surface area contributed by atoms with Crippen LogP contribution in [-0.2, 0) is 6.54 Å². The zero-order chi connectivity index (χ0) is 23.9. The molecular weight excluding hydrogens is 443 g/mol. The molecule has 9 heteroatoms. The number of aromatic nitrogens is 7. The first kappa shape index (κ1) is 21.1. The summed E-state index contributed by atoms with van der Waals surface area (Å²) in [5, 5.41) is 8.44. The first-order chi connectivity index (χ1) is 17.0. The lowest BCUT2D eigenvalue weighted by Crippen LogP contribution is -2.10. The van der Waals surface area contributed by atoms with E-state index in [2.05, 4.69) is 41.1 Å². The van der Waals surface area contributed by atoms with Crippen molar-refractivity contribution < 1.29 is 4.39 Å². The van der Waals surface area contributed by atoms with E-state index in [1.165, 1.54) is 12.1 Å². The van der Waals surface area contributed by atoms with E-state index in [0.717, 1.165) is 50.9 Å². The van der Waals surface area contributed by atoms with E-state index in [9.17, 15) is 4.39 Å². The Balaban J connectivity index is 1.44. The SMILES string of the molecule is CN(C)Cc1cncc(-c2cc3c(-c4nc5nccc(-c6ccc(F)cc6)c5[nH]4)n[nH]c3cn2)c1. The summed E-state index contributed by atoms with van der Waals surface area (Å²) in [5.41, 5.74) is 7.40. The third-order valence-corrected chi connectivity index (χ3v) is 5.81. The fourth-order valence-electron chi connectivity index (χ4n) is 4.23. The molecule has 2 N–H and O–H groups in total. The van der Waals surface area contributed by atoms with Gasteiger partial charge in [-0.3, -0.25) is 15.1 Å². The van der Waals surface area contributed by atoms with Crippen LogP contribution in [0, 0.1) is 5.82 Å². The third-order valence-electron chi connectivity index (χ3n) is 5.81. The van der Waals surface area contributed by atoms with Gasteiger partial charge >= 0.3 is 0 Å². The molecule has 0 bridgehead atoms. The van der Waals surface area contributed by atoms with Crippen molar-refractivity contribution in [3.05, 3.63) is 78.6 Å². The number of nitrogens with one attached hydrogen (secondary N) is 2. The van der Waals surface area contributed by atoms with E-state index in [-0.39, 0.29) is 5.82 Å². The fraction of sp³-hybridized carbons (Fsp3) is 0.115. The van der Waals surface area contributed by atoms with Crippen molar-refractivity contribution in [3.8, 4) is 33.9 Å². The van der Waals surface area contributed by atoms with Gasteiger partial charge in [-0.05, 0) is 55.6 Å². The third kappa shape index (κ3) is 3.91. The lowest BCUT2D eigenvalue weighted by molar-refractivity contribution is 0.402. The second-order valence-electron chi connectivity index (χ2n) is 8.66. The number of pyridine rings is 3. The number of rotatable bonds is 5. The highest BCUT2D eigenvalue weighted by Gasteiger charge is 2.17. The van der Waals surface area contributed by atoms with Gasteiger partial charge in [0.2, 0.25) is 0 Å². The van der Waals surface area contributed by atoms with Crippen LogP contribution in [0.5, 0.6) is 0 Å². The van der Waals surface area contributed by atoms with Gasteiger partial charge in [-0.1, -0.05) is 12.1 Å². The van der Waals surface area contributed by atoms with Gasteiger partial charge in [-0.2, -0.15) is 5.10 Å². The Bertz CT molecular complexity index is 1670. The Labute approximate surface area is 199 Å². The second kappa shape index (κ2) is 8.37. The summed E-state index contributed by atoms with van der Waals surface area (Å²) in [6, 6.07) is 12.3. The molecule has 8 nitrogen and oxygen atoms in total. The quantitative estimate of drug-likeness (QED) is 0.379. The molecular formula is C26H21FN8. The lowest BCUT2D eigenvalue weighted by Gasteiger charge is -2.10.